The SMILES string of the molecule is CNC(=O)NC(COc1ccc(C#N)cc1)CN1CC2CC(CN(CC(=O)C(C)(C)C)C2)C1. The van der Waals surface area contributed by atoms with Gasteiger partial charge in [-0.3, -0.25) is 9.69 Å². The fourth-order valence-electron chi connectivity index (χ4n) is 4.74. The molecule has 2 bridgehead atoms. The van der Waals surface area contributed by atoms with Gasteiger partial charge in [0.2, 0.25) is 0 Å². The first-order chi connectivity index (χ1) is 15.7. The molecule has 2 aliphatic heterocycles. The Balaban J connectivity index is 1.55. The molecule has 1 aromatic rings. The van der Waals surface area contributed by atoms with Gasteiger partial charge >= 0.3 is 6.03 Å². The minimum Gasteiger partial charge on any atom is -0.491 e. The van der Waals surface area contributed by atoms with Crippen molar-refractivity contribution >= 4 is 11.8 Å². The number of hydrogen-bond acceptors (Lipinski definition) is 6. The molecule has 0 radical (unpaired) electrons. The molecule has 0 aliphatic carbocycles. The number of Topliss-reactive ketones (excluding diaryl/α,β-unsaturated/α-hetero) is 1. The molecule has 0 spiro atoms. The van der Waals surface area contributed by atoms with E-state index in [1.807, 2.05) is 20.8 Å². The van der Waals surface area contributed by atoms with Crippen LogP contribution in [0.25, 0.3) is 0 Å². The Kier molecular flexibility index (Phi) is 8.33. The van der Waals surface area contributed by atoms with Crippen molar-refractivity contribution in [3.63, 3.8) is 0 Å². The maximum absolute atomic E-state index is 12.5. The Morgan fingerprint density at radius 2 is 1.73 bits per heavy atom. The lowest BCUT2D eigenvalue weighted by molar-refractivity contribution is -0.128. The summed E-state index contributed by atoms with van der Waals surface area (Å²) < 4.78 is 5.92. The molecule has 2 N–H and O–H groups in total. The molecule has 1 aromatic carbocycles. The number of nitrogens with one attached hydrogen (secondary N) is 2. The Bertz CT molecular complexity index is 844. The average molecular weight is 456 g/mol. The first-order valence-corrected chi connectivity index (χ1v) is 11.8. The summed E-state index contributed by atoms with van der Waals surface area (Å²) in [6.45, 7) is 11.4. The summed E-state index contributed by atoms with van der Waals surface area (Å²) in [6.07, 6.45) is 1.20. The molecule has 2 amide bonds. The number of piperidine rings is 2. The van der Waals surface area contributed by atoms with Crippen LogP contribution < -0.4 is 15.4 Å². The van der Waals surface area contributed by atoms with E-state index in [1.54, 1.807) is 31.3 Å². The standard InChI is InChI=1S/C25H37N5O3/c1-25(2,3)23(31)16-30-13-19-9-20(14-30)12-29(11-19)15-21(28-24(32)27-4)17-33-22-7-5-18(10-26)6-8-22/h5-8,19-21H,9,11-17H2,1-4H3,(H2,27,28,32). The molecule has 3 unspecified atom stereocenters. The summed E-state index contributed by atoms with van der Waals surface area (Å²) in [7, 11) is 1.60. The highest BCUT2D eigenvalue weighted by atomic mass is 16.5. The molecule has 0 aromatic heterocycles. The Morgan fingerprint density at radius 1 is 1.12 bits per heavy atom. The van der Waals surface area contributed by atoms with E-state index in [1.165, 1.54) is 6.42 Å². The van der Waals surface area contributed by atoms with Gasteiger partial charge in [0.15, 0.2) is 5.78 Å². The van der Waals surface area contributed by atoms with Gasteiger partial charge in [0.05, 0.1) is 24.2 Å². The van der Waals surface area contributed by atoms with Gasteiger partial charge in [0.1, 0.15) is 12.4 Å². The van der Waals surface area contributed by atoms with Crippen molar-refractivity contribution in [1.82, 2.24) is 20.4 Å². The number of fused-ring (bicyclic) bond motifs is 2. The zero-order valence-electron chi connectivity index (χ0n) is 20.3. The molecule has 2 aliphatic rings. The van der Waals surface area contributed by atoms with Crippen LogP contribution >= 0.6 is 0 Å². The average Bonchev–Trinajstić information content (AvgIpc) is 2.76. The van der Waals surface area contributed by atoms with Crippen molar-refractivity contribution in [2.24, 2.45) is 17.3 Å². The Morgan fingerprint density at radius 3 is 2.27 bits per heavy atom. The molecule has 33 heavy (non-hydrogen) atoms. The number of carbonyl (C=O) groups is 2. The van der Waals surface area contributed by atoms with Gasteiger partial charge in [-0.15, -0.1) is 0 Å². The van der Waals surface area contributed by atoms with Crippen molar-refractivity contribution in [2.75, 3.05) is 52.9 Å². The largest absolute Gasteiger partial charge is 0.491 e. The summed E-state index contributed by atoms with van der Waals surface area (Å²) >= 11 is 0. The topological polar surface area (TPSA) is 97.7 Å². The molecular formula is C25H37N5O3. The molecule has 3 atom stereocenters. The minimum atomic E-state index is -0.299. The third-order valence-electron chi connectivity index (χ3n) is 6.41. The van der Waals surface area contributed by atoms with E-state index >= 15 is 0 Å². The lowest BCUT2D eigenvalue weighted by Crippen LogP contribution is -2.57. The van der Waals surface area contributed by atoms with Crippen molar-refractivity contribution in [2.45, 2.75) is 33.2 Å². The van der Waals surface area contributed by atoms with Crippen molar-refractivity contribution < 1.29 is 14.3 Å². The van der Waals surface area contributed by atoms with E-state index in [0.717, 1.165) is 26.2 Å². The number of ketones is 1. The molecule has 180 valence electrons. The summed E-state index contributed by atoms with van der Waals surface area (Å²) in [5.41, 5.74) is 0.284. The minimum absolute atomic E-state index is 0.169. The van der Waals surface area contributed by atoms with Crippen molar-refractivity contribution in [1.29, 1.82) is 5.26 Å². The zero-order chi connectivity index (χ0) is 24.0. The maximum Gasteiger partial charge on any atom is 0.314 e. The van der Waals surface area contributed by atoms with Crippen LogP contribution in [0, 0.1) is 28.6 Å². The highest BCUT2D eigenvalue weighted by Crippen LogP contribution is 2.29. The maximum atomic E-state index is 12.5. The van der Waals surface area contributed by atoms with Gasteiger partial charge in [0.25, 0.3) is 0 Å². The van der Waals surface area contributed by atoms with E-state index < -0.39 is 0 Å². The number of hydrogen-bond donors (Lipinski definition) is 2. The number of carbonyl (C=O) groups excluding carboxylic acids is 2. The summed E-state index contributed by atoms with van der Waals surface area (Å²) in [4.78, 5) is 29.3. The van der Waals surface area contributed by atoms with Gasteiger partial charge in [-0.25, -0.2) is 4.79 Å². The summed E-state index contributed by atoms with van der Waals surface area (Å²) in [6, 6.07) is 8.69. The van der Waals surface area contributed by atoms with E-state index in [4.69, 9.17) is 10.00 Å². The van der Waals surface area contributed by atoms with E-state index in [0.29, 0.717) is 48.6 Å². The van der Waals surface area contributed by atoms with Crippen LogP contribution in [0.15, 0.2) is 24.3 Å². The second kappa shape index (κ2) is 11.0. The van der Waals surface area contributed by atoms with Crippen LogP contribution in [0.2, 0.25) is 0 Å². The van der Waals surface area contributed by atoms with Gasteiger partial charge in [-0.05, 0) is 42.5 Å². The fraction of sp³-hybridized carbons (Fsp3) is 0.640. The lowest BCUT2D eigenvalue weighted by Gasteiger charge is -2.46. The quantitative estimate of drug-likeness (QED) is 0.623. The van der Waals surface area contributed by atoms with Crippen LogP contribution in [-0.2, 0) is 4.79 Å². The Labute approximate surface area is 197 Å². The first kappa shape index (κ1) is 25.0. The van der Waals surface area contributed by atoms with E-state index in [9.17, 15) is 9.59 Å². The first-order valence-electron chi connectivity index (χ1n) is 11.8. The van der Waals surface area contributed by atoms with Gasteiger partial charge in [-0.2, -0.15) is 5.26 Å². The van der Waals surface area contributed by atoms with E-state index in [2.05, 4.69) is 26.5 Å². The monoisotopic (exact) mass is 455 g/mol. The fourth-order valence-corrected chi connectivity index (χ4v) is 4.74. The van der Waals surface area contributed by atoms with Crippen LogP contribution in [0.5, 0.6) is 5.75 Å². The van der Waals surface area contributed by atoms with Gasteiger partial charge in [-0.1, -0.05) is 20.8 Å². The number of amides is 2. The van der Waals surface area contributed by atoms with Crippen molar-refractivity contribution in [3.05, 3.63) is 29.8 Å². The number of urea groups is 1. The summed E-state index contributed by atoms with van der Waals surface area (Å²) in [5.74, 6) is 2.04. The van der Waals surface area contributed by atoms with Crippen LogP contribution in [0.1, 0.15) is 32.8 Å². The second-order valence-electron chi connectivity index (χ2n) is 10.4. The number of nitrogens with zero attached hydrogens (tertiary/aromatic N) is 3. The smallest absolute Gasteiger partial charge is 0.314 e. The number of likely N-dealkylation sites (tertiary alicyclic amines) is 2. The molecular weight excluding hydrogens is 418 g/mol. The number of rotatable bonds is 8. The van der Waals surface area contributed by atoms with Crippen LogP contribution in [0.3, 0.4) is 0 Å². The Hall–Kier alpha value is -2.63. The highest BCUT2D eigenvalue weighted by molar-refractivity contribution is 5.85. The van der Waals surface area contributed by atoms with Gasteiger partial charge < -0.3 is 20.3 Å². The van der Waals surface area contributed by atoms with E-state index in [-0.39, 0.29) is 17.5 Å². The third kappa shape index (κ3) is 7.44. The van der Waals surface area contributed by atoms with Crippen LogP contribution in [0.4, 0.5) is 4.79 Å². The highest BCUT2D eigenvalue weighted by Gasteiger charge is 2.36. The predicted octanol–water partition coefficient (Wildman–Crippen LogP) is 2.10. The molecule has 0 saturated carbocycles. The molecule has 8 heteroatoms. The second-order valence-corrected chi connectivity index (χ2v) is 10.4. The lowest BCUT2D eigenvalue weighted by atomic mass is 9.83. The number of ether oxygens (including phenoxy) is 1. The molecule has 3 rings (SSSR count). The van der Waals surface area contributed by atoms with Crippen molar-refractivity contribution in [3.8, 4) is 11.8 Å². The zero-order valence-corrected chi connectivity index (χ0v) is 20.3. The van der Waals surface area contributed by atoms with Gasteiger partial charge in [0, 0.05) is 45.2 Å². The third-order valence-corrected chi connectivity index (χ3v) is 6.41. The summed E-state index contributed by atoms with van der Waals surface area (Å²) in [5, 5.41) is 14.6. The number of nitriles is 1. The molecule has 2 heterocycles. The molecule has 2 saturated heterocycles. The normalized spacial score (nSPS) is 22.2. The van der Waals surface area contributed by atoms with Crippen LogP contribution in [-0.4, -0.2) is 80.6 Å². The molecule has 8 nitrogen and oxygen atoms in total. The molecule has 2 fully saturated rings. The predicted molar refractivity (Wildman–Crippen MR) is 127 cm³/mol. The number of benzene rings is 1.